The zero-order valence-corrected chi connectivity index (χ0v) is 22.4. The van der Waals surface area contributed by atoms with Crippen LogP contribution in [0.1, 0.15) is 43.0 Å². The van der Waals surface area contributed by atoms with Crippen molar-refractivity contribution in [1.29, 1.82) is 0 Å². The molecule has 0 fully saturated rings. The first-order valence-corrected chi connectivity index (χ1v) is 12.5. The van der Waals surface area contributed by atoms with Gasteiger partial charge in [0.15, 0.2) is 11.5 Å². The number of ether oxygens (including phenoxy) is 3. The number of methoxy groups -OCH3 is 2. The molecule has 0 bridgehead atoms. The van der Waals surface area contributed by atoms with Crippen LogP contribution in [0.15, 0.2) is 54.6 Å². The lowest BCUT2D eigenvalue weighted by molar-refractivity contribution is -0.118. The highest BCUT2D eigenvalue weighted by atomic mass is 35.5. The van der Waals surface area contributed by atoms with Crippen LogP contribution < -0.4 is 24.0 Å². The number of rotatable bonds is 8. The summed E-state index contributed by atoms with van der Waals surface area (Å²) >= 11 is 6.22. The van der Waals surface area contributed by atoms with E-state index in [-0.39, 0.29) is 18.4 Å². The molecule has 3 aromatic carbocycles. The van der Waals surface area contributed by atoms with Gasteiger partial charge in [-0.3, -0.25) is 9.69 Å². The Bertz CT molecular complexity index is 1240. The lowest BCUT2D eigenvalue weighted by Crippen LogP contribution is -2.41. The molecule has 1 amide bonds. The van der Waals surface area contributed by atoms with Crippen LogP contribution in [0.2, 0.25) is 5.02 Å². The molecule has 2 atom stereocenters. The van der Waals surface area contributed by atoms with Crippen LogP contribution in [0.3, 0.4) is 0 Å². The minimum Gasteiger partial charge on any atom is -0.494 e. The molecule has 0 saturated heterocycles. The smallest absolute Gasteiger partial charge is 0.232 e. The van der Waals surface area contributed by atoms with Gasteiger partial charge in [-0.25, -0.2) is 0 Å². The predicted octanol–water partition coefficient (Wildman–Crippen LogP) is 6.28. The third-order valence-electron chi connectivity index (χ3n) is 6.62. The molecule has 0 radical (unpaired) electrons. The van der Waals surface area contributed by atoms with Crippen LogP contribution in [0.4, 0.5) is 11.4 Å². The van der Waals surface area contributed by atoms with Crippen molar-refractivity contribution in [2.75, 3.05) is 38.1 Å². The van der Waals surface area contributed by atoms with E-state index in [0.29, 0.717) is 28.0 Å². The number of anilines is 2. The van der Waals surface area contributed by atoms with Gasteiger partial charge in [0.25, 0.3) is 0 Å². The van der Waals surface area contributed by atoms with Gasteiger partial charge >= 0.3 is 0 Å². The summed E-state index contributed by atoms with van der Waals surface area (Å²) in [4.78, 5) is 17.6. The first-order valence-electron chi connectivity index (χ1n) is 12.1. The van der Waals surface area contributed by atoms with Crippen molar-refractivity contribution in [3.63, 3.8) is 0 Å². The van der Waals surface area contributed by atoms with E-state index < -0.39 is 6.04 Å². The Hall–Kier alpha value is -3.38. The number of amides is 1. The fourth-order valence-corrected chi connectivity index (χ4v) is 4.62. The minimum atomic E-state index is -0.400. The van der Waals surface area contributed by atoms with Crippen LogP contribution in [0, 0.1) is 0 Å². The molecule has 7 heteroatoms. The van der Waals surface area contributed by atoms with Crippen LogP contribution in [-0.4, -0.2) is 40.3 Å². The molecule has 3 aromatic rings. The number of carbonyl (C=O) groups is 1. The second-order valence-corrected chi connectivity index (χ2v) is 9.62. The second kappa shape index (κ2) is 10.7. The lowest BCUT2D eigenvalue weighted by atomic mass is 9.86. The standard InChI is InChI=1S/C29H33ClN2O4/c1-7-18(2)36-27-17-23-20(14-26(27)35-6)15-28(33)32(29(23)19-8-10-21(30)11-9-19)24-13-12-22(31(3)4)16-25(24)34-5/h8-14,16-18,29H,7,15H2,1-6H3/t18-,29?/m1/s1. The SMILES string of the molecule is CC[C@@H](C)Oc1cc2c(cc1OC)CC(=O)N(c1ccc(N(C)C)cc1OC)C2c1ccc(Cl)cc1. The monoisotopic (exact) mass is 508 g/mol. The molecule has 1 heterocycles. The fraction of sp³-hybridized carbons (Fsp3) is 0.345. The van der Waals surface area contributed by atoms with Crippen molar-refractivity contribution in [1.82, 2.24) is 0 Å². The largest absolute Gasteiger partial charge is 0.494 e. The Morgan fingerprint density at radius 1 is 1.00 bits per heavy atom. The number of fused-ring (bicyclic) bond motifs is 1. The Morgan fingerprint density at radius 2 is 1.69 bits per heavy atom. The van der Waals surface area contributed by atoms with Crippen LogP contribution >= 0.6 is 11.6 Å². The number of hydrogen-bond acceptors (Lipinski definition) is 5. The molecular formula is C29H33ClN2O4. The summed E-state index contributed by atoms with van der Waals surface area (Å²) in [6.07, 6.45) is 1.12. The number of benzene rings is 3. The minimum absolute atomic E-state index is 0.0194. The van der Waals surface area contributed by atoms with Gasteiger partial charge in [0.05, 0.1) is 38.5 Å². The maximum Gasteiger partial charge on any atom is 0.232 e. The average Bonchev–Trinajstić information content (AvgIpc) is 2.87. The number of hydrogen-bond donors (Lipinski definition) is 0. The fourth-order valence-electron chi connectivity index (χ4n) is 4.50. The van der Waals surface area contributed by atoms with Gasteiger partial charge in [-0.05, 0) is 66.4 Å². The summed E-state index contributed by atoms with van der Waals surface area (Å²) in [5.41, 5.74) is 4.52. The van der Waals surface area contributed by atoms with E-state index in [4.69, 9.17) is 25.8 Å². The highest BCUT2D eigenvalue weighted by Gasteiger charge is 2.37. The second-order valence-electron chi connectivity index (χ2n) is 9.18. The van der Waals surface area contributed by atoms with Gasteiger partial charge in [-0.15, -0.1) is 0 Å². The van der Waals surface area contributed by atoms with Crippen molar-refractivity contribution in [3.8, 4) is 17.2 Å². The van der Waals surface area contributed by atoms with E-state index in [9.17, 15) is 4.79 Å². The highest BCUT2D eigenvalue weighted by Crippen LogP contribution is 2.46. The molecule has 1 aliphatic rings. The molecule has 1 unspecified atom stereocenters. The maximum absolute atomic E-state index is 13.8. The Kier molecular flexibility index (Phi) is 7.65. The highest BCUT2D eigenvalue weighted by molar-refractivity contribution is 6.30. The van der Waals surface area contributed by atoms with Crippen molar-refractivity contribution < 1.29 is 19.0 Å². The molecule has 0 aromatic heterocycles. The summed E-state index contributed by atoms with van der Waals surface area (Å²) in [6.45, 7) is 4.11. The molecule has 1 aliphatic heterocycles. The van der Waals surface area contributed by atoms with Crippen molar-refractivity contribution in [2.45, 2.75) is 38.8 Å². The normalized spacial score (nSPS) is 15.8. The lowest BCUT2D eigenvalue weighted by Gasteiger charge is -2.39. The predicted molar refractivity (Wildman–Crippen MR) is 145 cm³/mol. The molecule has 0 aliphatic carbocycles. The van der Waals surface area contributed by atoms with Crippen molar-refractivity contribution >= 4 is 28.9 Å². The summed E-state index contributed by atoms with van der Waals surface area (Å²) < 4.78 is 17.6. The van der Waals surface area contributed by atoms with Gasteiger partial charge in [0, 0.05) is 30.9 Å². The van der Waals surface area contributed by atoms with Gasteiger partial charge < -0.3 is 19.1 Å². The Balaban J connectivity index is 1.94. The summed E-state index contributed by atoms with van der Waals surface area (Å²) in [7, 11) is 7.19. The van der Waals surface area contributed by atoms with Crippen molar-refractivity contribution in [3.05, 3.63) is 76.3 Å². The molecule has 0 saturated carbocycles. The van der Waals surface area contributed by atoms with Gasteiger partial charge in [-0.2, -0.15) is 0 Å². The summed E-state index contributed by atoms with van der Waals surface area (Å²) in [6, 6.07) is 17.0. The maximum atomic E-state index is 13.8. The zero-order chi connectivity index (χ0) is 26.0. The molecule has 36 heavy (non-hydrogen) atoms. The average molecular weight is 509 g/mol. The molecule has 0 N–H and O–H groups in total. The number of nitrogens with zero attached hydrogens (tertiary/aromatic N) is 2. The van der Waals surface area contributed by atoms with E-state index in [1.807, 2.05) is 85.4 Å². The molecule has 190 valence electrons. The quantitative estimate of drug-likeness (QED) is 0.358. The molecule has 4 rings (SSSR count). The zero-order valence-electron chi connectivity index (χ0n) is 21.7. The topological polar surface area (TPSA) is 51.2 Å². The number of carbonyl (C=O) groups excluding carboxylic acids is 1. The summed E-state index contributed by atoms with van der Waals surface area (Å²) in [5, 5.41) is 0.635. The molecular weight excluding hydrogens is 476 g/mol. The third kappa shape index (κ3) is 4.96. The Labute approximate surface area is 218 Å². The van der Waals surface area contributed by atoms with Crippen LogP contribution in [0.5, 0.6) is 17.2 Å². The van der Waals surface area contributed by atoms with Gasteiger partial charge in [0.1, 0.15) is 5.75 Å². The third-order valence-corrected chi connectivity index (χ3v) is 6.87. The van der Waals surface area contributed by atoms with Crippen LogP contribution in [-0.2, 0) is 11.2 Å². The first kappa shape index (κ1) is 25.7. The molecule has 0 spiro atoms. The van der Waals surface area contributed by atoms with Gasteiger partial charge in [-0.1, -0.05) is 30.7 Å². The van der Waals surface area contributed by atoms with Crippen LogP contribution in [0.25, 0.3) is 0 Å². The van der Waals surface area contributed by atoms with E-state index in [0.717, 1.165) is 28.8 Å². The van der Waals surface area contributed by atoms with E-state index >= 15 is 0 Å². The van der Waals surface area contributed by atoms with Crippen molar-refractivity contribution in [2.24, 2.45) is 0 Å². The Morgan fingerprint density at radius 3 is 2.31 bits per heavy atom. The number of halogens is 1. The summed E-state index contributed by atoms with van der Waals surface area (Å²) in [5.74, 6) is 1.88. The first-order chi connectivity index (χ1) is 17.3. The van der Waals surface area contributed by atoms with E-state index in [1.165, 1.54) is 0 Å². The van der Waals surface area contributed by atoms with E-state index in [1.54, 1.807) is 14.2 Å². The molecule has 6 nitrogen and oxygen atoms in total. The van der Waals surface area contributed by atoms with Gasteiger partial charge in [0.2, 0.25) is 5.91 Å². The van der Waals surface area contributed by atoms with E-state index in [2.05, 4.69) is 6.92 Å².